The van der Waals surface area contributed by atoms with Gasteiger partial charge in [-0.2, -0.15) is 0 Å². The molecule has 1 N–H and O–H groups in total. The maximum absolute atomic E-state index is 11.1. The van der Waals surface area contributed by atoms with Crippen LogP contribution in [0.25, 0.3) is 0 Å². The molecule has 0 saturated heterocycles. The first-order valence-electron chi connectivity index (χ1n) is 6.30. The van der Waals surface area contributed by atoms with E-state index in [-0.39, 0.29) is 18.1 Å². The Balaban J connectivity index is 2.12. The zero-order chi connectivity index (χ0) is 14.7. The molecule has 108 valence electrons. The van der Waals surface area contributed by atoms with Crippen LogP contribution in [0.1, 0.15) is 12.8 Å². The molecule has 5 nitrogen and oxygen atoms in total. The molecule has 2 rings (SSSR count). The summed E-state index contributed by atoms with van der Waals surface area (Å²) in [6.07, 6.45) is -0.939. The normalized spacial score (nSPS) is 29.9. The third-order valence-electron chi connectivity index (χ3n) is 3.53. The van der Waals surface area contributed by atoms with Crippen molar-refractivity contribution in [3.05, 3.63) is 30.3 Å². The minimum Gasteiger partial charge on any atom is -0.550 e. The van der Waals surface area contributed by atoms with Gasteiger partial charge in [-0.15, -0.1) is 11.8 Å². The molecule has 1 saturated carbocycles. The predicted octanol–water partition coefficient (Wildman–Crippen LogP) is -0.966. The van der Waals surface area contributed by atoms with Gasteiger partial charge in [-0.25, -0.2) is 0 Å². The second-order valence-corrected chi connectivity index (χ2v) is 6.17. The molecule has 0 amide bonds. The van der Waals surface area contributed by atoms with E-state index in [2.05, 4.69) is 0 Å². The Kier molecular flexibility index (Phi) is 4.67. The van der Waals surface area contributed by atoms with Gasteiger partial charge in [-0.05, 0) is 25.0 Å². The molecule has 0 heterocycles. The summed E-state index contributed by atoms with van der Waals surface area (Å²) < 4.78 is 0. The van der Waals surface area contributed by atoms with Gasteiger partial charge < -0.3 is 24.9 Å². The lowest BCUT2D eigenvalue weighted by Crippen LogP contribution is -2.51. The maximum atomic E-state index is 11.1. The number of aliphatic carboxylic acids is 2. The molecule has 1 aromatic carbocycles. The number of carboxylic acid groups (broad SMARTS) is 2. The van der Waals surface area contributed by atoms with Crippen molar-refractivity contribution < 1.29 is 24.9 Å². The molecule has 6 heteroatoms. The van der Waals surface area contributed by atoms with E-state index < -0.39 is 29.9 Å². The van der Waals surface area contributed by atoms with E-state index in [1.807, 2.05) is 30.3 Å². The summed E-state index contributed by atoms with van der Waals surface area (Å²) in [4.78, 5) is 22.9. The van der Waals surface area contributed by atoms with Crippen LogP contribution >= 0.6 is 11.8 Å². The molecule has 0 bridgehead atoms. The number of hydrogen-bond acceptors (Lipinski definition) is 6. The Morgan fingerprint density at radius 2 is 1.60 bits per heavy atom. The highest BCUT2D eigenvalue weighted by Crippen LogP contribution is 2.39. The molecule has 1 aromatic rings. The highest BCUT2D eigenvalue weighted by molar-refractivity contribution is 8.00. The fourth-order valence-electron chi connectivity index (χ4n) is 2.47. The van der Waals surface area contributed by atoms with Gasteiger partial charge in [0.25, 0.3) is 0 Å². The standard InChI is InChI=1S/C14H16O5S/c15-11-6-9(13(16)17)10(14(18)19)7-12(11)20-8-4-2-1-3-5-8/h1-5,9-12,15H,6-7H2,(H,16,17)(H,18,19)/p-2/t9-,10+,11+,12+/m1/s1. The second-order valence-electron chi connectivity index (χ2n) is 4.86. The van der Waals surface area contributed by atoms with Crippen molar-refractivity contribution in [2.75, 3.05) is 0 Å². The predicted molar refractivity (Wildman–Crippen MR) is 68.3 cm³/mol. The smallest absolute Gasteiger partial charge is 0.0669 e. The van der Waals surface area contributed by atoms with Crippen molar-refractivity contribution in [1.82, 2.24) is 0 Å². The second kappa shape index (κ2) is 6.28. The number of hydrogen-bond donors (Lipinski definition) is 1. The molecular formula is C14H14O5S-2. The quantitative estimate of drug-likeness (QED) is 0.767. The van der Waals surface area contributed by atoms with Crippen LogP contribution in [0.2, 0.25) is 0 Å². The Bertz CT molecular complexity index is 490. The minimum atomic E-state index is -1.44. The number of aliphatic hydroxyl groups excluding tert-OH is 1. The van der Waals surface area contributed by atoms with Crippen LogP contribution in [-0.4, -0.2) is 28.4 Å². The van der Waals surface area contributed by atoms with Crippen molar-refractivity contribution in [3.8, 4) is 0 Å². The van der Waals surface area contributed by atoms with E-state index in [1.54, 1.807) is 0 Å². The van der Waals surface area contributed by atoms with Crippen LogP contribution in [-0.2, 0) is 9.59 Å². The molecule has 1 aliphatic rings. The Morgan fingerprint density at radius 1 is 1.05 bits per heavy atom. The van der Waals surface area contributed by atoms with Crippen LogP contribution in [0.3, 0.4) is 0 Å². The summed E-state index contributed by atoms with van der Waals surface area (Å²) in [7, 11) is 0. The first kappa shape index (κ1) is 14.9. The van der Waals surface area contributed by atoms with E-state index >= 15 is 0 Å². The van der Waals surface area contributed by atoms with Gasteiger partial charge in [0.1, 0.15) is 0 Å². The fourth-order valence-corrected chi connectivity index (χ4v) is 3.70. The van der Waals surface area contributed by atoms with Gasteiger partial charge in [0.15, 0.2) is 0 Å². The first-order chi connectivity index (χ1) is 9.49. The molecule has 20 heavy (non-hydrogen) atoms. The van der Waals surface area contributed by atoms with Crippen LogP contribution in [0.15, 0.2) is 35.2 Å². The van der Waals surface area contributed by atoms with Crippen molar-refractivity contribution in [2.45, 2.75) is 29.1 Å². The third kappa shape index (κ3) is 3.32. The van der Waals surface area contributed by atoms with Crippen molar-refractivity contribution in [2.24, 2.45) is 11.8 Å². The number of rotatable bonds is 4. The average molecular weight is 294 g/mol. The highest BCUT2D eigenvalue weighted by atomic mass is 32.2. The lowest BCUT2D eigenvalue weighted by molar-refractivity contribution is -0.329. The van der Waals surface area contributed by atoms with Crippen molar-refractivity contribution in [1.29, 1.82) is 0 Å². The zero-order valence-corrected chi connectivity index (χ0v) is 11.4. The number of carbonyl (C=O) groups is 2. The van der Waals surface area contributed by atoms with E-state index in [0.29, 0.717) is 0 Å². The molecule has 0 aromatic heterocycles. The number of thioether (sulfide) groups is 1. The van der Waals surface area contributed by atoms with Gasteiger partial charge >= 0.3 is 0 Å². The SMILES string of the molecule is O=C([O-])[C@H]1C[C@H](Sc2ccccc2)[C@@H](O)C[C@H]1C(=O)[O-]. The Hall–Kier alpha value is -1.53. The lowest BCUT2D eigenvalue weighted by atomic mass is 9.77. The van der Waals surface area contributed by atoms with Gasteiger partial charge in [0, 0.05) is 33.9 Å². The zero-order valence-electron chi connectivity index (χ0n) is 10.6. The number of aliphatic hydroxyl groups is 1. The molecular weight excluding hydrogens is 280 g/mol. The van der Waals surface area contributed by atoms with Gasteiger partial charge in [-0.3, -0.25) is 0 Å². The van der Waals surface area contributed by atoms with Gasteiger partial charge in [-0.1, -0.05) is 18.2 Å². The van der Waals surface area contributed by atoms with Crippen LogP contribution in [0.5, 0.6) is 0 Å². The highest BCUT2D eigenvalue weighted by Gasteiger charge is 2.38. The Labute approximate surface area is 120 Å². The van der Waals surface area contributed by atoms with Crippen LogP contribution in [0.4, 0.5) is 0 Å². The van der Waals surface area contributed by atoms with E-state index in [0.717, 1.165) is 4.90 Å². The minimum absolute atomic E-state index is 0.0572. The summed E-state index contributed by atoms with van der Waals surface area (Å²) in [6.45, 7) is 0. The Morgan fingerprint density at radius 3 is 2.15 bits per heavy atom. The van der Waals surface area contributed by atoms with Crippen LogP contribution in [0, 0.1) is 11.8 Å². The largest absolute Gasteiger partial charge is 0.550 e. The first-order valence-corrected chi connectivity index (χ1v) is 7.18. The summed E-state index contributed by atoms with van der Waals surface area (Å²) >= 11 is 1.35. The fraction of sp³-hybridized carbons (Fsp3) is 0.429. The number of benzene rings is 1. The summed E-state index contributed by atoms with van der Waals surface area (Å²) in [5, 5.41) is 31.7. The molecule has 1 aliphatic carbocycles. The summed E-state index contributed by atoms with van der Waals surface area (Å²) in [5.74, 6) is -5.15. The topological polar surface area (TPSA) is 100 Å². The van der Waals surface area contributed by atoms with E-state index in [4.69, 9.17) is 0 Å². The van der Waals surface area contributed by atoms with Gasteiger partial charge in [0.05, 0.1) is 6.10 Å². The monoisotopic (exact) mass is 294 g/mol. The summed E-state index contributed by atoms with van der Waals surface area (Å²) in [5.41, 5.74) is 0. The molecule has 4 atom stereocenters. The molecule has 1 fully saturated rings. The average Bonchev–Trinajstić information content (AvgIpc) is 2.41. The summed E-state index contributed by atoms with van der Waals surface area (Å²) in [6, 6.07) is 9.26. The van der Waals surface area contributed by atoms with Crippen LogP contribution < -0.4 is 10.2 Å². The molecule has 0 aliphatic heterocycles. The lowest BCUT2D eigenvalue weighted by Gasteiger charge is -2.39. The van der Waals surface area contributed by atoms with Crippen molar-refractivity contribution in [3.63, 3.8) is 0 Å². The molecule has 0 unspecified atom stereocenters. The van der Waals surface area contributed by atoms with Gasteiger partial charge in [0.2, 0.25) is 0 Å². The van der Waals surface area contributed by atoms with E-state index in [1.165, 1.54) is 11.8 Å². The molecule has 0 spiro atoms. The molecule has 0 radical (unpaired) electrons. The van der Waals surface area contributed by atoms with Crippen molar-refractivity contribution >= 4 is 23.7 Å². The van der Waals surface area contributed by atoms with E-state index in [9.17, 15) is 24.9 Å². The number of carboxylic acids is 2. The third-order valence-corrected chi connectivity index (χ3v) is 4.89. The number of carbonyl (C=O) groups excluding carboxylic acids is 2. The maximum Gasteiger partial charge on any atom is 0.0669 e.